The molecule has 0 spiro atoms. The SMILES string of the molecule is CCOC(=O)C1=C(C)OC(N)=C(C#N)C1c1cc(F)c2[nH]ccc2c1. The third kappa shape index (κ3) is 2.72. The monoisotopic (exact) mass is 341 g/mol. The first kappa shape index (κ1) is 16.6. The maximum absolute atomic E-state index is 14.4. The van der Waals surface area contributed by atoms with Crippen LogP contribution >= 0.6 is 0 Å². The second kappa shape index (κ2) is 6.32. The minimum absolute atomic E-state index is 0.0444. The van der Waals surface area contributed by atoms with E-state index in [0.717, 1.165) is 0 Å². The Balaban J connectivity index is 2.23. The molecule has 0 fully saturated rings. The second-order valence-electron chi connectivity index (χ2n) is 5.56. The van der Waals surface area contributed by atoms with Gasteiger partial charge in [0.2, 0.25) is 5.88 Å². The van der Waals surface area contributed by atoms with Gasteiger partial charge in [0.25, 0.3) is 0 Å². The molecule has 1 aromatic carbocycles. The van der Waals surface area contributed by atoms with E-state index in [0.29, 0.717) is 16.5 Å². The number of rotatable bonds is 3. The molecule has 128 valence electrons. The zero-order valence-corrected chi connectivity index (χ0v) is 13.7. The lowest BCUT2D eigenvalue weighted by molar-refractivity contribution is -0.139. The summed E-state index contributed by atoms with van der Waals surface area (Å²) in [4.78, 5) is 15.2. The van der Waals surface area contributed by atoms with Gasteiger partial charge >= 0.3 is 5.97 Å². The Bertz CT molecular complexity index is 966. The number of nitrogens with one attached hydrogen (secondary N) is 1. The summed E-state index contributed by atoms with van der Waals surface area (Å²) in [5.41, 5.74) is 6.79. The average molecular weight is 341 g/mol. The average Bonchev–Trinajstić information content (AvgIpc) is 3.03. The number of benzene rings is 1. The molecule has 0 saturated carbocycles. The molecule has 3 rings (SSSR count). The fourth-order valence-electron chi connectivity index (χ4n) is 3.00. The maximum Gasteiger partial charge on any atom is 0.338 e. The molecule has 25 heavy (non-hydrogen) atoms. The Morgan fingerprint density at radius 3 is 2.96 bits per heavy atom. The number of ether oxygens (including phenoxy) is 2. The Kier molecular flexibility index (Phi) is 4.19. The molecule has 0 bridgehead atoms. The lowest BCUT2D eigenvalue weighted by Crippen LogP contribution is -2.25. The number of carbonyl (C=O) groups is 1. The standard InChI is InChI=1S/C18H16FN3O3/c1-3-24-18(23)14-9(2)25-17(21)12(8-20)15(14)11-6-10-4-5-22-16(10)13(19)7-11/h4-7,15,22H,3,21H2,1-2H3. The number of allylic oxidation sites excluding steroid dienone is 2. The van der Waals surface area contributed by atoms with E-state index < -0.39 is 17.7 Å². The van der Waals surface area contributed by atoms with E-state index in [1.807, 2.05) is 6.07 Å². The van der Waals surface area contributed by atoms with Gasteiger partial charge in [-0.3, -0.25) is 0 Å². The van der Waals surface area contributed by atoms with Crippen LogP contribution in [0.1, 0.15) is 25.3 Å². The lowest BCUT2D eigenvalue weighted by atomic mass is 9.82. The quantitative estimate of drug-likeness (QED) is 0.836. The summed E-state index contributed by atoms with van der Waals surface area (Å²) < 4.78 is 24.8. The molecular formula is C18H16FN3O3. The second-order valence-corrected chi connectivity index (χ2v) is 5.56. The zero-order valence-electron chi connectivity index (χ0n) is 13.7. The van der Waals surface area contributed by atoms with Crippen molar-refractivity contribution in [1.82, 2.24) is 4.98 Å². The third-order valence-electron chi connectivity index (χ3n) is 4.07. The Morgan fingerprint density at radius 1 is 1.52 bits per heavy atom. The number of fused-ring (bicyclic) bond motifs is 1. The van der Waals surface area contributed by atoms with Crippen LogP contribution in [-0.4, -0.2) is 17.6 Å². The van der Waals surface area contributed by atoms with E-state index in [2.05, 4.69) is 4.98 Å². The topological polar surface area (TPSA) is 101 Å². The molecule has 0 amide bonds. The molecule has 1 atom stereocenters. The van der Waals surface area contributed by atoms with Gasteiger partial charge in [0.05, 0.1) is 23.6 Å². The van der Waals surface area contributed by atoms with Crippen LogP contribution in [-0.2, 0) is 14.3 Å². The van der Waals surface area contributed by atoms with Gasteiger partial charge in [-0.15, -0.1) is 0 Å². The first-order chi connectivity index (χ1) is 12.0. The summed E-state index contributed by atoms with van der Waals surface area (Å²) in [6, 6.07) is 6.67. The molecule has 6 nitrogen and oxygen atoms in total. The highest BCUT2D eigenvalue weighted by atomic mass is 19.1. The van der Waals surface area contributed by atoms with E-state index >= 15 is 0 Å². The highest BCUT2D eigenvalue weighted by Gasteiger charge is 2.36. The molecule has 1 aromatic heterocycles. The molecule has 0 aliphatic carbocycles. The minimum atomic E-state index is -0.855. The molecular weight excluding hydrogens is 325 g/mol. The molecule has 1 aliphatic heterocycles. The van der Waals surface area contributed by atoms with Crippen molar-refractivity contribution in [2.24, 2.45) is 5.73 Å². The first-order valence-corrected chi connectivity index (χ1v) is 7.69. The van der Waals surface area contributed by atoms with E-state index in [-0.39, 0.29) is 29.4 Å². The molecule has 0 radical (unpaired) electrons. The van der Waals surface area contributed by atoms with Gasteiger partial charge in [-0.1, -0.05) is 0 Å². The van der Waals surface area contributed by atoms with Gasteiger partial charge in [0.15, 0.2) is 0 Å². The molecule has 0 saturated heterocycles. The van der Waals surface area contributed by atoms with Crippen LogP contribution in [0.2, 0.25) is 0 Å². The summed E-state index contributed by atoms with van der Waals surface area (Å²) in [5, 5.41) is 10.1. The summed E-state index contributed by atoms with van der Waals surface area (Å²) in [6.07, 6.45) is 1.62. The summed E-state index contributed by atoms with van der Waals surface area (Å²) in [7, 11) is 0. The fraction of sp³-hybridized carbons (Fsp3) is 0.222. The van der Waals surface area contributed by atoms with E-state index in [4.69, 9.17) is 15.2 Å². The predicted molar refractivity (Wildman–Crippen MR) is 88.2 cm³/mol. The Labute approximate surface area is 143 Å². The van der Waals surface area contributed by atoms with Crippen LogP contribution in [0.15, 0.2) is 47.2 Å². The number of hydrogen-bond acceptors (Lipinski definition) is 5. The summed E-state index contributed by atoms with van der Waals surface area (Å²) in [5.74, 6) is -1.84. The van der Waals surface area contributed by atoms with Crippen LogP contribution in [0, 0.1) is 17.1 Å². The van der Waals surface area contributed by atoms with Crippen LogP contribution in [0.5, 0.6) is 0 Å². The number of nitriles is 1. The molecule has 2 heterocycles. The van der Waals surface area contributed by atoms with Crippen molar-refractivity contribution in [2.75, 3.05) is 6.61 Å². The lowest BCUT2D eigenvalue weighted by Gasteiger charge is -2.27. The normalized spacial score (nSPS) is 17.4. The number of nitrogens with two attached hydrogens (primary N) is 1. The largest absolute Gasteiger partial charge is 0.463 e. The van der Waals surface area contributed by atoms with Crippen molar-refractivity contribution < 1.29 is 18.7 Å². The summed E-state index contributed by atoms with van der Waals surface area (Å²) in [6.45, 7) is 3.40. The highest BCUT2D eigenvalue weighted by molar-refractivity contribution is 5.93. The number of hydrogen-bond donors (Lipinski definition) is 2. The maximum atomic E-state index is 14.4. The van der Waals surface area contributed by atoms with Gasteiger partial charge in [0.1, 0.15) is 23.2 Å². The Morgan fingerprint density at radius 2 is 2.28 bits per heavy atom. The number of aromatic amines is 1. The number of H-pyrrole nitrogens is 1. The van der Waals surface area contributed by atoms with Crippen LogP contribution in [0.25, 0.3) is 10.9 Å². The van der Waals surface area contributed by atoms with Gasteiger partial charge in [0, 0.05) is 11.6 Å². The fourth-order valence-corrected chi connectivity index (χ4v) is 3.00. The molecule has 2 aromatic rings. The number of esters is 1. The van der Waals surface area contributed by atoms with Crippen molar-refractivity contribution in [3.05, 3.63) is 58.6 Å². The van der Waals surface area contributed by atoms with Crippen molar-refractivity contribution >= 4 is 16.9 Å². The molecule has 3 N–H and O–H groups in total. The number of aromatic nitrogens is 1. The number of carbonyl (C=O) groups excluding carboxylic acids is 1. The third-order valence-corrected chi connectivity index (χ3v) is 4.07. The predicted octanol–water partition coefficient (Wildman–Crippen LogP) is 2.95. The number of nitrogens with zero attached hydrogens (tertiary/aromatic N) is 1. The highest BCUT2D eigenvalue weighted by Crippen LogP contribution is 2.40. The summed E-state index contributed by atoms with van der Waals surface area (Å²) >= 11 is 0. The van der Waals surface area contributed by atoms with Crippen molar-refractivity contribution in [3.63, 3.8) is 0 Å². The first-order valence-electron chi connectivity index (χ1n) is 7.69. The number of halogens is 1. The van der Waals surface area contributed by atoms with Crippen molar-refractivity contribution in [3.8, 4) is 6.07 Å². The zero-order chi connectivity index (χ0) is 18.1. The smallest absolute Gasteiger partial charge is 0.338 e. The van der Waals surface area contributed by atoms with Crippen molar-refractivity contribution in [1.29, 1.82) is 5.26 Å². The van der Waals surface area contributed by atoms with Crippen LogP contribution in [0.3, 0.4) is 0 Å². The molecule has 1 aliphatic rings. The van der Waals surface area contributed by atoms with E-state index in [9.17, 15) is 14.4 Å². The van der Waals surface area contributed by atoms with Gasteiger partial charge in [-0.2, -0.15) is 5.26 Å². The van der Waals surface area contributed by atoms with E-state index in [1.54, 1.807) is 32.2 Å². The van der Waals surface area contributed by atoms with Crippen molar-refractivity contribution in [2.45, 2.75) is 19.8 Å². The van der Waals surface area contributed by atoms with E-state index in [1.165, 1.54) is 6.07 Å². The van der Waals surface area contributed by atoms with Gasteiger partial charge in [-0.05, 0) is 37.6 Å². The minimum Gasteiger partial charge on any atom is -0.463 e. The molecule has 1 unspecified atom stereocenters. The van der Waals surface area contributed by atoms with Gasteiger partial charge < -0.3 is 20.2 Å². The Hall–Kier alpha value is -3.27. The van der Waals surface area contributed by atoms with Gasteiger partial charge in [-0.25, -0.2) is 9.18 Å². The van der Waals surface area contributed by atoms with Crippen LogP contribution < -0.4 is 5.73 Å². The van der Waals surface area contributed by atoms with Crippen LogP contribution in [0.4, 0.5) is 4.39 Å². The molecule has 7 heteroatoms.